The van der Waals surface area contributed by atoms with Gasteiger partial charge in [-0.05, 0) is 66.8 Å². The normalized spacial score (nSPS) is 14.9. The van der Waals surface area contributed by atoms with Crippen LogP contribution in [0.1, 0.15) is 55.6 Å². The van der Waals surface area contributed by atoms with Crippen LogP contribution in [-0.4, -0.2) is 21.7 Å². The molecule has 0 saturated heterocycles. The number of rotatable bonds is 5. The molecule has 2 aromatic carbocycles. The molecule has 7 heteroatoms. The van der Waals surface area contributed by atoms with Crippen LogP contribution >= 0.6 is 11.6 Å². The summed E-state index contributed by atoms with van der Waals surface area (Å²) >= 11 is 6.13. The summed E-state index contributed by atoms with van der Waals surface area (Å²) in [6, 6.07) is 13.0. The smallest absolute Gasteiger partial charge is 0.256 e. The summed E-state index contributed by atoms with van der Waals surface area (Å²) in [5.74, 6) is -1.18. The topological polar surface area (TPSA) is 76.3 Å². The first-order valence-electron chi connectivity index (χ1n) is 9.95. The SMILES string of the molecule is Cc1ncccc1C(=O)N(Cc1ccccc1C(N)=O)[C@@H]1CCc2c(F)cc(Cl)cc21. The summed E-state index contributed by atoms with van der Waals surface area (Å²) in [7, 11) is 0. The maximum absolute atomic E-state index is 14.5. The van der Waals surface area contributed by atoms with Crippen molar-refractivity contribution in [3.8, 4) is 0 Å². The summed E-state index contributed by atoms with van der Waals surface area (Å²) in [6.07, 6.45) is 2.67. The number of fused-ring (bicyclic) bond motifs is 1. The molecule has 0 unspecified atom stereocenters. The van der Waals surface area contributed by atoms with Gasteiger partial charge in [0, 0.05) is 29.0 Å². The number of amides is 2. The highest BCUT2D eigenvalue weighted by Gasteiger charge is 2.34. The molecule has 0 bridgehead atoms. The van der Waals surface area contributed by atoms with Gasteiger partial charge in [0.25, 0.3) is 5.91 Å². The van der Waals surface area contributed by atoms with Gasteiger partial charge >= 0.3 is 0 Å². The molecule has 5 nitrogen and oxygen atoms in total. The average molecular weight is 438 g/mol. The fraction of sp³-hybridized carbons (Fsp3) is 0.208. The van der Waals surface area contributed by atoms with E-state index in [2.05, 4.69) is 4.98 Å². The van der Waals surface area contributed by atoms with E-state index >= 15 is 0 Å². The molecule has 31 heavy (non-hydrogen) atoms. The molecule has 2 amide bonds. The number of aryl methyl sites for hydroxylation is 1. The number of aromatic nitrogens is 1. The molecule has 1 heterocycles. The van der Waals surface area contributed by atoms with Crippen molar-refractivity contribution in [1.29, 1.82) is 0 Å². The first-order chi connectivity index (χ1) is 14.9. The summed E-state index contributed by atoms with van der Waals surface area (Å²) in [5, 5.41) is 0.283. The van der Waals surface area contributed by atoms with Crippen LogP contribution < -0.4 is 5.73 Å². The number of nitrogens with zero attached hydrogens (tertiary/aromatic N) is 2. The monoisotopic (exact) mass is 437 g/mol. The zero-order chi connectivity index (χ0) is 22.1. The Morgan fingerprint density at radius 3 is 2.68 bits per heavy atom. The molecule has 3 aromatic rings. The fourth-order valence-corrected chi connectivity index (χ4v) is 4.43. The highest BCUT2D eigenvalue weighted by molar-refractivity contribution is 6.30. The number of halogens is 2. The van der Waals surface area contributed by atoms with Crippen LogP contribution in [0.4, 0.5) is 4.39 Å². The van der Waals surface area contributed by atoms with E-state index in [1.165, 1.54) is 6.07 Å². The standard InChI is InChI=1S/C24H21ClFN3O2/c1-14-17(7-4-10-28-14)24(31)29(13-15-5-2-3-6-18(15)23(27)30)22-9-8-19-20(22)11-16(25)12-21(19)26/h2-7,10-12,22H,8-9,13H2,1H3,(H2,27,30)/t22-/m1/s1. The van der Waals surface area contributed by atoms with Crippen molar-refractivity contribution in [1.82, 2.24) is 9.88 Å². The van der Waals surface area contributed by atoms with Crippen molar-refractivity contribution in [2.24, 2.45) is 5.73 Å². The minimum absolute atomic E-state index is 0.143. The number of nitrogens with two attached hydrogens (primary N) is 1. The van der Waals surface area contributed by atoms with Crippen molar-refractivity contribution in [2.45, 2.75) is 32.4 Å². The largest absolute Gasteiger partial charge is 0.366 e. The number of hydrogen-bond donors (Lipinski definition) is 1. The highest BCUT2D eigenvalue weighted by Crippen LogP contribution is 2.40. The Kier molecular flexibility index (Phi) is 5.74. The minimum atomic E-state index is -0.568. The Balaban J connectivity index is 1.81. The van der Waals surface area contributed by atoms with Gasteiger partial charge in [-0.1, -0.05) is 29.8 Å². The molecule has 2 N–H and O–H groups in total. The summed E-state index contributed by atoms with van der Waals surface area (Å²) in [6.45, 7) is 1.91. The first-order valence-corrected chi connectivity index (χ1v) is 10.3. The van der Waals surface area contributed by atoms with Gasteiger partial charge in [0.2, 0.25) is 5.91 Å². The minimum Gasteiger partial charge on any atom is -0.366 e. The number of primary amides is 1. The van der Waals surface area contributed by atoms with E-state index in [0.29, 0.717) is 46.4 Å². The molecular formula is C24H21ClFN3O2. The van der Waals surface area contributed by atoms with Crippen LogP contribution in [0.2, 0.25) is 5.02 Å². The molecule has 1 aliphatic carbocycles. The van der Waals surface area contributed by atoms with E-state index in [0.717, 1.165) is 0 Å². The molecule has 0 aliphatic heterocycles. The van der Waals surface area contributed by atoms with Crippen molar-refractivity contribution >= 4 is 23.4 Å². The lowest BCUT2D eigenvalue weighted by atomic mass is 10.0. The van der Waals surface area contributed by atoms with Gasteiger partial charge in [-0.25, -0.2) is 4.39 Å². The van der Waals surface area contributed by atoms with Crippen molar-refractivity contribution in [3.63, 3.8) is 0 Å². The van der Waals surface area contributed by atoms with Crippen LogP contribution in [0, 0.1) is 12.7 Å². The van der Waals surface area contributed by atoms with E-state index in [9.17, 15) is 14.0 Å². The van der Waals surface area contributed by atoms with E-state index in [-0.39, 0.29) is 23.3 Å². The second kappa shape index (κ2) is 8.47. The van der Waals surface area contributed by atoms with Crippen molar-refractivity contribution in [3.05, 3.63) is 99.1 Å². The summed E-state index contributed by atoms with van der Waals surface area (Å²) < 4.78 is 14.5. The predicted octanol–water partition coefficient (Wildman–Crippen LogP) is 4.61. The predicted molar refractivity (Wildman–Crippen MR) is 116 cm³/mol. The Morgan fingerprint density at radius 2 is 1.94 bits per heavy atom. The lowest BCUT2D eigenvalue weighted by Crippen LogP contribution is -2.35. The molecule has 0 radical (unpaired) electrons. The fourth-order valence-electron chi connectivity index (χ4n) is 4.22. The van der Waals surface area contributed by atoms with Crippen molar-refractivity contribution < 1.29 is 14.0 Å². The molecule has 4 rings (SSSR count). The first kappa shape index (κ1) is 21.0. The van der Waals surface area contributed by atoms with E-state index in [1.54, 1.807) is 60.5 Å². The molecule has 1 aromatic heterocycles. The van der Waals surface area contributed by atoms with Gasteiger partial charge in [0.1, 0.15) is 5.82 Å². The quantitative estimate of drug-likeness (QED) is 0.633. The Hall–Kier alpha value is -3.25. The number of carbonyl (C=O) groups excluding carboxylic acids is 2. The van der Waals surface area contributed by atoms with Gasteiger partial charge in [0.05, 0.1) is 11.6 Å². The third kappa shape index (κ3) is 4.03. The maximum Gasteiger partial charge on any atom is 0.256 e. The van der Waals surface area contributed by atoms with E-state index in [1.807, 2.05) is 0 Å². The molecule has 158 valence electrons. The molecule has 0 spiro atoms. The van der Waals surface area contributed by atoms with Crippen LogP contribution in [0.5, 0.6) is 0 Å². The zero-order valence-corrected chi connectivity index (χ0v) is 17.7. The van der Waals surface area contributed by atoms with Crippen LogP contribution in [0.15, 0.2) is 54.7 Å². The van der Waals surface area contributed by atoms with Crippen LogP contribution in [0.25, 0.3) is 0 Å². The summed E-state index contributed by atoms with van der Waals surface area (Å²) in [5.41, 5.74) is 8.83. The lowest BCUT2D eigenvalue weighted by Gasteiger charge is -2.31. The second-order valence-electron chi connectivity index (χ2n) is 7.60. The van der Waals surface area contributed by atoms with Gasteiger partial charge in [-0.2, -0.15) is 0 Å². The second-order valence-corrected chi connectivity index (χ2v) is 8.04. The Bertz CT molecular complexity index is 1180. The Morgan fingerprint density at radius 1 is 1.19 bits per heavy atom. The number of pyridine rings is 1. The third-order valence-electron chi connectivity index (χ3n) is 5.72. The van der Waals surface area contributed by atoms with E-state index in [4.69, 9.17) is 17.3 Å². The average Bonchev–Trinajstić information content (AvgIpc) is 3.16. The lowest BCUT2D eigenvalue weighted by molar-refractivity contribution is 0.0655. The molecule has 0 fully saturated rings. The molecule has 1 aliphatic rings. The number of carbonyl (C=O) groups is 2. The van der Waals surface area contributed by atoms with Gasteiger partial charge in [0.15, 0.2) is 0 Å². The van der Waals surface area contributed by atoms with Gasteiger partial charge in [-0.3, -0.25) is 14.6 Å². The van der Waals surface area contributed by atoms with Crippen molar-refractivity contribution in [2.75, 3.05) is 0 Å². The number of benzene rings is 2. The van der Waals surface area contributed by atoms with Crippen LogP contribution in [-0.2, 0) is 13.0 Å². The Labute approximate surface area is 184 Å². The van der Waals surface area contributed by atoms with Crippen LogP contribution in [0.3, 0.4) is 0 Å². The summed E-state index contributed by atoms with van der Waals surface area (Å²) in [4.78, 5) is 31.5. The maximum atomic E-state index is 14.5. The molecular weight excluding hydrogens is 417 g/mol. The molecule has 1 atom stereocenters. The van der Waals surface area contributed by atoms with E-state index < -0.39 is 11.9 Å². The highest BCUT2D eigenvalue weighted by atomic mass is 35.5. The number of hydrogen-bond acceptors (Lipinski definition) is 3. The van der Waals surface area contributed by atoms with Gasteiger partial charge < -0.3 is 10.6 Å². The van der Waals surface area contributed by atoms with Gasteiger partial charge in [-0.15, -0.1) is 0 Å². The zero-order valence-electron chi connectivity index (χ0n) is 16.9. The molecule has 0 saturated carbocycles. The third-order valence-corrected chi connectivity index (χ3v) is 5.94.